The quantitative estimate of drug-likeness (QED) is 0.892. The summed E-state index contributed by atoms with van der Waals surface area (Å²) >= 11 is 1.77. The summed E-state index contributed by atoms with van der Waals surface area (Å²) < 4.78 is 12.1. The fourth-order valence-corrected chi connectivity index (χ4v) is 4.81. The van der Waals surface area contributed by atoms with Crippen molar-refractivity contribution in [2.45, 2.75) is 25.0 Å². The van der Waals surface area contributed by atoms with Crippen LogP contribution in [-0.4, -0.2) is 50.2 Å². The predicted molar refractivity (Wildman–Crippen MR) is 83.8 cm³/mol. The summed E-state index contributed by atoms with van der Waals surface area (Å²) in [5, 5.41) is 5.40. The van der Waals surface area contributed by atoms with Crippen LogP contribution >= 0.6 is 11.3 Å². The van der Waals surface area contributed by atoms with Crippen LogP contribution in [0.3, 0.4) is 0 Å². The van der Waals surface area contributed by atoms with Crippen LogP contribution in [0.4, 0.5) is 0 Å². The average Bonchev–Trinajstić information content (AvgIpc) is 3.21. The number of nitrogens with zero attached hydrogens (tertiary/aromatic N) is 1. The van der Waals surface area contributed by atoms with Crippen molar-refractivity contribution in [1.29, 1.82) is 0 Å². The second kappa shape index (κ2) is 5.92. The van der Waals surface area contributed by atoms with E-state index in [1.165, 1.54) is 10.4 Å². The van der Waals surface area contributed by atoms with E-state index in [1.54, 1.807) is 11.3 Å². The maximum Gasteiger partial charge on any atom is 0.223 e. The topological polar surface area (TPSA) is 50.8 Å². The molecule has 0 saturated carbocycles. The van der Waals surface area contributed by atoms with Crippen LogP contribution in [0.1, 0.15) is 23.3 Å². The normalized spacial score (nSPS) is 27.1. The molecule has 1 aromatic rings. The number of thiophene rings is 1. The van der Waals surface area contributed by atoms with Gasteiger partial charge in [-0.1, -0.05) is 0 Å². The van der Waals surface area contributed by atoms with Crippen molar-refractivity contribution in [2.75, 3.05) is 39.4 Å². The number of hydrogen-bond acceptors (Lipinski definition) is 5. The van der Waals surface area contributed by atoms with Crippen molar-refractivity contribution >= 4 is 17.2 Å². The van der Waals surface area contributed by atoms with E-state index in [2.05, 4.69) is 16.8 Å². The molecule has 6 heteroatoms. The van der Waals surface area contributed by atoms with Crippen LogP contribution in [0.25, 0.3) is 0 Å². The minimum absolute atomic E-state index is 0.125. The van der Waals surface area contributed by atoms with Gasteiger partial charge in [0.1, 0.15) is 0 Å². The average molecular weight is 322 g/mol. The minimum Gasteiger partial charge on any atom is -0.343 e. The zero-order valence-electron chi connectivity index (χ0n) is 12.7. The minimum atomic E-state index is -0.669. The Hall–Kier alpha value is -0.950. The molecule has 3 aliphatic rings. The van der Waals surface area contributed by atoms with Crippen LogP contribution in [0.15, 0.2) is 11.4 Å². The highest BCUT2D eigenvalue weighted by Gasteiger charge is 2.50. The van der Waals surface area contributed by atoms with Crippen molar-refractivity contribution in [3.8, 4) is 0 Å². The fraction of sp³-hybridized carbons (Fsp3) is 0.688. The molecule has 0 radical (unpaired) electrons. The molecule has 1 N–H and O–H groups in total. The number of rotatable bonds is 2. The highest BCUT2D eigenvalue weighted by atomic mass is 32.1. The van der Waals surface area contributed by atoms with Crippen molar-refractivity contribution in [3.05, 3.63) is 21.9 Å². The molecular weight excluding hydrogens is 300 g/mol. The van der Waals surface area contributed by atoms with Gasteiger partial charge in [0.05, 0.1) is 13.2 Å². The van der Waals surface area contributed by atoms with E-state index in [0.717, 1.165) is 39.0 Å². The Bertz CT molecular complexity index is 547. The van der Waals surface area contributed by atoms with E-state index < -0.39 is 5.79 Å². The molecule has 1 aromatic heterocycles. The highest BCUT2D eigenvalue weighted by Crippen LogP contribution is 2.49. The first kappa shape index (κ1) is 14.6. The fourth-order valence-electron chi connectivity index (χ4n) is 3.87. The Morgan fingerprint density at radius 1 is 1.36 bits per heavy atom. The lowest BCUT2D eigenvalue weighted by atomic mass is 9.80. The molecule has 5 nitrogen and oxygen atoms in total. The first-order valence-corrected chi connectivity index (χ1v) is 9.01. The van der Waals surface area contributed by atoms with Gasteiger partial charge >= 0.3 is 0 Å². The molecule has 2 fully saturated rings. The largest absolute Gasteiger partial charge is 0.343 e. The third-order valence-electron chi connectivity index (χ3n) is 4.99. The zero-order valence-corrected chi connectivity index (χ0v) is 13.5. The van der Waals surface area contributed by atoms with Gasteiger partial charge in [0.15, 0.2) is 5.79 Å². The smallest absolute Gasteiger partial charge is 0.223 e. The molecule has 120 valence electrons. The summed E-state index contributed by atoms with van der Waals surface area (Å²) in [5.41, 5.74) is 1.17. The SMILES string of the molecule is O=C(CC1CCc2sccc2C12OCCO2)N1CCNCC1. The van der Waals surface area contributed by atoms with Gasteiger partial charge in [-0.15, -0.1) is 11.3 Å². The lowest BCUT2D eigenvalue weighted by Crippen LogP contribution is -2.48. The van der Waals surface area contributed by atoms with E-state index in [1.807, 2.05) is 4.90 Å². The second-order valence-electron chi connectivity index (χ2n) is 6.19. The molecule has 0 bridgehead atoms. The summed E-state index contributed by atoms with van der Waals surface area (Å²) in [7, 11) is 0. The Labute approximate surface area is 134 Å². The van der Waals surface area contributed by atoms with E-state index in [-0.39, 0.29) is 11.8 Å². The number of fused-ring (bicyclic) bond motifs is 2. The van der Waals surface area contributed by atoms with Crippen molar-refractivity contribution in [2.24, 2.45) is 5.92 Å². The standard InChI is InChI=1S/C16H22N2O3S/c19-15(18-6-4-17-5-7-18)11-12-1-2-14-13(3-10-22-14)16(12)20-8-9-21-16/h3,10,12,17H,1-2,4-9,11H2. The summed E-state index contributed by atoms with van der Waals surface area (Å²) in [6.45, 7) is 4.64. The van der Waals surface area contributed by atoms with Gasteiger partial charge in [-0.3, -0.25) is 4.79 Å². The second-order valence-corrected chi connectivity index (χ2v) is 7.19. The molecular formula is C16H22N2O3S. The molecule has 2 saturated heterocycles. The van der Waals surface area contributed by atoms with Gasteiger partial charge in [-0.05, 0) is 24.3 Å². The molecule has 4 rings (SSSR count). The van der Waals surface area contributed by atoms with Crippen LogP contribution in [0, 0.1) is 5.92 Å². The van der Waals surface area contributed by atoms with Crippen molar-refractivity contribution in [1.82, 2.24) is 10.2 Å². The van der Waals surface area contributed by atoms with Crippen molar-refractivity contribution < 1.29 is 14.3 Å². The molecule has 1 atom stereocenters. The molecule has 1 unspecified atom stereocenters. The number of carbonyl (C=O) groups excluding carboxylic acids is 1. The van der Waals surface area contributed by atoms with Gasteiger partial charge in [0.25, 0.3) is 0 Å². The third kappa shape index (κ3) is 2.38. The molecule has 1 spiro atoms. The summed E-state index contributed by atoms with van der Waals surface area (Å²) in [6, 6.07) is 2.12. The molecule has 2 aliphatic heterocycles. The lowest BCUT2D eigenvalue weighted by Gasteiger charge is -2.40. The predicted octanol–water partition coefficient (Wildman–Crippen LogP) is 1.33. The lowest BCUT2D eigenvalue weighted by molar-refractivity contribution is -0.213. The number of carbonyl (C=O) groups is 1. The number of amides is 1. The maximum absolute atomic E-state index is 12.6. The molecule has 3 heterocycles. The molecule has 22 heavy (non-hydrogen) atoms. The molecule has 0 aromatic carbocycles. The van der Waals surface area contributed by atoms with E-state index in [4.69, 9.17) is 9.47 Å². The van der Waals surface area contributed by atoms with Gasteiger partial charge in [0, 0.05) is 49.0 Å². The zero-order chi connectivity index (χ0) is 15.0. The molecule has 1 amide bonds. The maximum atomic E-state index is 12.6. The van der Waals surface area contributed by atoms with Gasteiger partial charge < -0.3 is 19.7 Å². The monoisotopic (exact) mass is 322 g/mol. The van der Waals surface area contributed by atoms with Gasteiger partial charge in [0.2, 0.25) is 5.91 Å². The Kier molecular flexibility index (Phi) is 3.94. The van der Waals surface area contributed by atoms with Crippen LogP contribution in [0.2, 0.25) is 0 Å². The van der Waals surface area contributed by atoms with E-state index in [9.17, 15) is 4.79 Å². The number of hydrogen-bond donors (Lipinski definition) is 1. The summed E-state index contributed by atoms with van der Waals surface area (Å²) in [6.07, 6.45) is 2.52. The van der Waals surface area contributed by atoms with Crippen LogP contribution in [0.5, 0.6) is 0 Å². The van der Waals surface area contributed by atoms with Crippen LogP contribution in [-0.2, 0) is 26.5 Å². The van der Waals surface area contributed by atoms with E-state index in [0.29, 0.717) is 19.6 Å². The Morgan fingerprint density at radius 3 is 2.91 bits per heavy atom. The third-order valence-corrected chi connectivity index (χ3v) is 5.97. The van der Waals surface area contributed by atoms with Crippen LogP contribution < -0.4 is 5.32 Å². The first-order chi connectivity index (χ1) is 10.8. The number of nitrogens with one attached hydrogen (secondary N) is 1. The summed E-state index contributed by atoms with van der Waals surface area (Å²) in [5.74, 6) is -0.305. The Morgan fingerprint density at radius 2 is 2.14 bits per heavy atom. The number of piperazine rings is 1. The summed E-state index contributed by atoms with van der Waals surface area (Å²) in [4.78, 5) is 16.0. The molecule has 1 aliphatic carbocycles. The van der Waals surface area contributed by atoms with E-state index >= 15 is 0 Å². The first-order valence-electron chi connectivity index (χ1n) is 8.13. The van der Waals surface area contributed by atoms with Gasteiger partial charge in [-0.2, -0.15) is 0 Å². The number of ether oxygens (including phenoxy) is 2. The van der Waals surface area contributed by atoms with Crippen molar-refractivity contribution in [3.63, 3.8) is 0 Å². The Balaban J connectivity index is 1.55. The highest BCUT2D eigenvalue weighted by molar-refractivity contribution is 7.10. The van der Waals surface area contributed by atoms with Gasteiger partial charge in [-0.25, -0.2) is 0 Å². The number of aryl methyl sites for hydroxylation is 1.